The Hall–Kier alpha value is -2.41. The first-order valence-electron chi connectivity index (χ1n) is 13.9. The summed E-state index contributed by atoms with van der Waals surface area (Å²) in [4.78, 5) is 0. The molecule has 3 rings (SSSR count). The van der Waals surface area contributed by atoms with Crippen molar-refractivity contribution in [2.45, 2.75) is 40.9 Å². The third-order valence-electron chi connectivity index (χ3n) is 3.99. The lowest BCUT2D eigenvalue weighted by atomic mass is 9.88. The van der Waals surface area contributed by atoms with Gasteiger partial charge in [0, 0.05) is 24.0 Å². The first-order valence-corrected chi connectivity index (χ1v) is 8.45. The summed E-state index contributed by atoms with van der Waals surface area (Å²) in [5.41, 5.74) is 0.573. The van der Waals surface area contributed by atoms with Gasteiger partial charge in [-0.2, -0.15) is 0 Å². The van der Waals surface area contributed by atoms with Gasteiger partial charge in [0.15, 0.2) is 6.20 Å². The van der Waals surface area contributed by atoms with Crippen LogP contribution < -0.4 is 4.57 Å². The van der Waals surface area contributed by atoms with E-state index in [-0.39, 0.29) is 28.3 Å². The van der Waals surface area contributed by atoms with Crippen LogP contribution in [0.1, 0.15) is 52.5 Å². The fourth-order valence-electron chi connectivity index (χ4n) is 2.86. The third kappa shape index (κ3) is 4.04. The van der Waals surface area contributed by atoms with E-state index in [0.717, 1.165) is 0 Å². The molecule has 0 fully saturated rings. The van der Waals surface area contributed by atoms with Crippen LogP contribution in [0, 0.1) is 19.2 Å². The van der Waals surface area contributed by atoms with Gasteiger partial charge in [0.25, 0.3) is 0 Å². The molecule has 1 heteroatoms. The van der Waals surface area contributed by atoms with Crippen molar-refractivity contribution in [1.29, 1.82) is 0 Å². The van der Waals surface area contributed by atoms with E-state index in [9.17, 15) is 0 Å². The van der Waals surface area contributed by atoms with Gasteiger partial charge < -0.3 is 0 Å². The average molecular weight is 356 g/mol. The number of hydrogen-bond acceptors (Lipinski definition) is 0. The Bertz CT molecular complexity index is 1370. The van der Waals surface area contributed by atoms with Crippen LogP contribution in [-0.2, 0) is 13.4 Å². The molecule has 0 saturated heterocycles. The number of hydrogen-bond donors (Lipinski definition) is 0. The second-order valence-electron chi connectivity index (χ2n) is 7.42. The Kier molecular flexibility index (Phi) is 2.45. The van der Waals surface area contributed by atoms with E-state index in [4.69, 9.17) is 15.1 Å². The first kappa shape index (κ1) is 8.99. The van der Waals surface area contributed by atoms with Crippen molar-refractivity contribution < 1.29 is 19.6 Å². The highest BCUT2D eigenvalue weighted by molar-refractivity contribution is 5.75. The minimum absolute atomic E-state index is 0.0155. The average Bonchev–Trinajstić information content (AvgIpc) is 2.77. The van der Waals surface area contributed by atoms with Gasteiger partial charge in [-0.1, -0.05) is 57.0 Å². The molecule has 1 heterocycles. The number of nitrogens with zero attached hydrogens (tertiary/aromatic N) is 1. The van der Waals surface area contributed by atoms with Gasteiger partial charge in [0.2, 0.25) is 5.69 Å². The standard InChI is InChI=1S/C25H30N/c1-18-14-19(2)23(15-22(18)21-10-8-7-9-11-21)24-13-12-20(17-26(24)6)16-25(3,4)5/h7-15,17H,16H2,1-6H3/q+1/i1D3,7D,8D,9D,10D,11D,12D,16D2. The minimum Gasteiger partial charge on any atom is -0.201 e. The zero-order valence-electron chi connectivity index (χ0n) is 26.8. The summed E-state index contributed by atoms with van der Waals surface area (Å²) < 4.78 is 92.4. The quantitative estimate of drug-likeness (QED) is 0.503. The second kappa shape index (κ2) is 7.07. The molecule has 2 aromatic carbocycles. The number of benzene rings is 2. The molecule has 1 aromatic heterocycles. The number of pyridine rings is 1. The molecule has 0 unspecified atom stereocenters. The Morgan fingerprint density at radius 3 is 2.42 bits per heavy atom. The van der Waals surface area contributed by atoms with E-state index in [1.165, 1.54) is 18.2 Å². The Morgan fingerprint density at radius 1 is 1.04 bits per heavy atom. The van der Waals surface area contributed by atoms with Crippen molar-refractivity contribution >= 4 is 0 Å². The lowest BCUT2D eigenvalue weighted by Gasteiger charge is -2.17. The van der Waals surface area contributed by atoms with Crippen molar-refractivity contribution in [1.82, 2.24) is 0 Å². The van der Waals surface area contributed by atoms with Gasteiger partial charge in [-0.3, -0.25) is 0 Å². The molecule has 26 heavy (non-hydrogen) atoms. The normalized spacial score (nSPS) is 18.7. The predicted octanol–water partition coefficient (Wildman–Crippen LogP) is 6.05. The van der Waals surface area contributed by atoms with Crippen molar-refractivity contribution in [2.75, 3.05) is 0 Å². The molecule has 0 saturated carbocycles. The zero-order chi connectivity index (χ0) is 28.4. The molecule has 0 radical (unpaired) electrons. The Morgan fingerprint density at radius 2 is 1.77 bits per heavy atom. The van der Waals surface area contributed by atoms with Gasteiger partial charge in [-0.05, 0) is 59.9 Å². The maximum Gasteiger partial charge on any atom is 0.212 e. The van der Waals surface area contributed by atoms with Crippen LogP contribution in [0.5, 0.6) is 0 Å². The summed E-state index contributed by atoms with van der Waals surface area (Å²) in [5.74, 6) is 0. The number of aryl methyl sites for hydroxylation is 3. The van der Waals surface area contributed by atoms with Crippen LogP contribution >= 0.6 is 0 Å². The molecule has 0 atom stereocenters. The van der Waals surface area contributed by atoms with E-state index >= 15 is 0 Å². The molecular weight excluding hydrogens is 314 g/mol. The molecule has 0 N–H and O–H groups in total. The summed E-state index contributed by atoms with van der Waals surface area (Å²) in [7, 11) is 1.69. The Labute approximate surface area is 173 Å². The van der Waals surface area contributed by atoms with Crippen LogP contribution in [0.3, 0.4) is 0 Å². The van der Waals surface area contributed by atoms with E-state index in [1.54, 1.807) is 45.5 Å². The number of rotatable bonds is 3. The lowest BCUT2D eigenvalue weighted by molar-refractivity contribution is -0.660. The molecule has 1 nitrogen and oxygen atoms in total. The van der Waals surface area contributed by atoms with Crippen molar-refractivity contribution in [3.63, 3.8) is 0 Å². The third-order valence-corrected chi connectivity index (χ3v) is 3.99. The molecule has 0 aliphatic heterocycles. The predicted molar refractivity (Wildman–Crippen MR) is 111 cm³/mol. The Balaban J connectivity index is 2.41. The van der Waals surface area contributed by atoms with E-state index < -0.39 is 48.9 Å². The van der Waals surface area contributed by atoms with Crippen molar-refractivity contribution in [3.8, 4) is 22.4 Å². The summed E-state index contributed by atoms with van der Waals surface area (Å²) in [6.45, 7) is 4.33. The van der Waals surface area contributed by atoms with Crippen LogP contribution in [-0.4, -0.2) is 0 Å². The van der Waals surface area contributed by atoms with Gasteiger partial charge >= 0.3 is 0 Å². The number of aromatic nitrogens is 1. The minimum atomic E-state index is -2.63. The highest BCUT2D eigenvalue weighted by Gasteiger charge is 2.18. The molecular formula is C25H30N+. The maximum atomic E-state index is 8.60. The van der Waals surface area contributed by atoms with E-state index in [1.807, 2.05) is 0 Å². The largest absolute Gasteiger partial charge is 0.212 e. The first-order chi connectivity index (χ1) is 16.7. The van der Waals surface area contributed by atoms with E-state index in [2.05, 4.69) is 0 Å². The molecule has 0 amide bonds. The molecule has 0 bridgehead atoms. The summed E-state index contributed by atoms with van der Waals surface area (Å²) in [6.07, 6.45) is -0.261. The lowest BCUT2D eigenvalue weighted by Crippen LogP contribution is -2.32. The van der Waals surface area contributed by atoms with Crippen LogP contribution in [0.25, 0.3) is 22.4 Å². The highest BCUT2D eigenvalue weighted by Crippen LogP contribution is 2.31. The highest BCUT2D eigenvalue weighted by atomic mass is 14.9. The molecule has 0 aliphatic carbocycles. The fraction of sp³-hybridized carbons (Fsp3) is 0.320. The van der Waals surface area contributed by atoms with Gasteiger partial charge in [-0.15, -0.1) is 0 Å². The fourth-order valence-corrected chi connectivity index (χ4v) is 2.86. The summed E-state index contributed by atoms with van der Waals surface area (Å²) >= 11 is 0. The molecule has 3 aromatic rings. The van der Waals surface area contributed by atoms with Gasteiger partial charge in [0.1, 0.15) is 7.05 Å². The summed E-state index contributed by atoms with van der Waals surface area (Å²) in [6, 6.07) is 1.65. The second-order valence-corrected chi connectivity index (χ2v) is 7.42. The van der Waals surface area contributed by atoms with Crippen molar-refractivity contribution in [2.24, 2.45) is 12.5 Å². The molecule has 0 aliphatic rings. The van der Waals surface area contributed by atoms with Crippen LogP contribution in [0.4, 0.5) is 0 Å². The molecule has 134 valence electrons. The zero-order valence-corrected chi connectivity index (χ0v) is 15.8. The van der Waals surface area contributed by atoms with Gasteiger partial charge in [-0.25, -0.2) is 4.57 Å². The maximum absolute atomic E-state index is 8.60. The van der Waals surface area contributed by atoms with Crippen LogP contribution in [0.2, 0.25) is 0 Å². The van der Waals surface area contributed by atoms with Crippen LogP contribution in [0.15, 0.2) is 60.7 Å². The topological polar surface area (TPSA) is 3.88 Å². The summed E-state index contributed by atoms with van der Waals surface area (Å²) in [5, 5.41) is 0. The SMILES string of the molecule is [2H]c1cc(-c2cc(-c3c([2H])c([2H])c([2H])c([2H])c3[2H])c(C([2H])([2H])[2H])cc2C)[n+](C)cc1C([2H])([2H])C(C)(C)C. The van der Waals surface area contributed by atoms with Crippen molar-refractivity contribution in [3.05, 3.63) is 77.3 Å². The molecule has 0 spiro atoms. The van der Waals surface area contributed by atoms with E-state index in [0.29, 0.717) is 16.8 Å². The smallest absolute Gasteiger partial charge is 0.201 e. The monoisotopic (exact) mass is 355 g/mol. The van der Waals surface area contributed by atoms with Gasteiger partial charge in [0.05, 0.1) is 8.22 Å².